The van der Waals surface area contributed by atoms with Crippen LogP contribution in [0.2, 0.25) is 0 Å². The summed E-state index contributed by atoms with van der Waals surface area (Å²) < 4.78 is 19.6. The van der Waals surface area contributed by atoms with E-state index in [1.165, 1.54) is 24.1 Å². The van der Waals surface area contributed by atoms with Gasteiger partial charge >= 0.3 is 11.8 Å². The molecule has 0 radical (unpaired) electrons. The summed E-state index contributed by atoms with van der Waals surface area (Å²) in [6, 6.07) is 11.1. The Morgan fingerprint density at radius 2 is 1.93 bits per heavy atom. The second kappa shape index (κ2) is 8.39. The lowest BCUT2D eigenvalue weighted by Gasteiger charge is -2.33. The minimum Gasteiger partial charge on any atom is -0.495 e. The molecule has 28 heavy (non-hydrogen) atoms. The second-order valence-corrected chi connectivity index (χ2v) is 6.94. The van der Waals surface area contributed by atoms with E-state index in [0.717, 1.165) is 4.90 Å². The summed E-state index contributed by atoms with van der Waals surface area (Å²) >= 11 is 3.13. The highest BCUT2D eigenvalue weighted by Crippen LogP contribution is 2.29. The molecule has 9 heteroatoms. The van der Waals surface area contributed by atoms with Crippen LogP contribution in [0, 0.1) is 5.82 Å². The molecule has 3 amide bonds. The van der Waals surface area contributed by atoms with Crippen molar-refractivity contribution in [2.24, 2.45) is 0 Å². The van der Waals surface area contributed by atoms with E-state index in [9.17, 15) is 18.8 Å². The molecule has 1 fully saturated rings. The fraction of sp³-hybridized carbons (Fsp3) is 0.211. The van der Waals surface area contributed by atoms with Crippen molar-refractivity contribution in [2.45, 2.75) is 0 Å². The van der Waals surface area contributed by atoms with Crippen molar-refractivity contribution in [3.8, 4) is 5.75 Å². The summed E-state index contributed by atoms with van der Waals surface area (Å²) in [6.45, 7) is 0.0313. The van der Waals surface area contributed by atoms with Gasteiger partial charge in [0, 0.05) is 17.6 Å². The Balaban J connectivity index is 1.67. The van der Waals surface area contributed by atoms with Gasteiger partial charge < -0.3 is 15.0 Å². The van der Waals surface area contributed by atoms with Gasteiger partial charge in [0.05, 0.1) is 18.5 Å². The van der Waals surface area contributed by atoms with Crippen molar-refractivity contribution < 1.29 is 23.5 Å². The smallest absolute Gasteiger partial charge is 0.316 e. The summed E-state index contributed by atoms with van der Waals surface area (Å²) in [5, 5.41) is 2.41. The van der Waals surface area contributed by atoms with E-state index in [2.05, 4.69) is 21.2 Å². The van der Waals surface area contributed by atoms with Crippen LogP contribution < -0.4 is 15.0 Å². The van der Waals surface area contributed by atoms with Gasteiger partial charge in [-0.1, -0.05) is 28.1 Å². The van der Waals surface area contributed by atoms with Gasteiger partial charge in [-0.2, -0.15) is 0 Å². The molecule has 1 saturated heterocycles. The zero-order valence-electron chi connectivity index (χ0n) is 14.9. The summed E-state index contributed by atoms with van der Waals surface area (Å²) in [5.41, 5.74) is 0.490. The maximum atomic E-state index is 13.8. The lowest BCUT2D eigenvalue weighted by atomic mass is 10.2. The first-order valence-corrected chi connectivity index (χ1v) is 9.18. The van der Waals surface area contributed by atoms with Crippen LogP contribution >= 0.6 is 15.9 Å². The quantitative estimate of drug-likeness (QED) is 0.710. The molecule has 0 atom stereocenters. The Morgan fingerprint density at radius 3 is 2.64 bits per heavy atom. The van der Waals surface area contributed by atoms with Gasteiger partial charge in [0.2, 0.25) is 5.91 Å². The molecule has 1 aliphatic rings. The van der Waals surface area contributed by atoms with E-state index >= 15 is 0 Å². The molecule has 7 nitrogen and oxygen atoms in total. The number of carbonyl (C=O) groups excluding carboxylic acids is 3. The molecular weight excluding hydrogens is 433 g/mol. The highest BCUT2D eigenvalue weighted by molar-refractivity contribution is 9.10. The number of piperazine rings is 1. The molecular formula is C19H17BrFN3O4. The highest BCUT2D eigenvalue weighted by atomic mass is 79.9. The molecule has 1 heterocycles. The number of amides is 3. The molecule has 0 spiro atoms. The van der Waals surface area contributed by atoms with Gasteiger partial charge in [0.1, 0.15) is 18.1 Å². The largest absolute Gasteiger partial charge is 0.495 e. The first-order valence-electron chi connectivity index (χ1n) is 8.39. The zero-order valence-corrected chi connectivity index (χ0v) is 16.5. The average molecular weight is 450 g/mol. The Labute approximate surface area is 169 Å². The lowest BCUT2D eigenvalue weighted by molar-refractivity contribution is -0.147. The van der Waals surface area contributed by atoms with Crippen LogP contribution in [0.25, 0.3) is 0 Å². The number of anilines is 2. The van der Waals surface area contributed by atoms with Crippen LogP contribution in [-0.4, -0.2) is 49.4 Å². The standard InChI is InChI=1S/C19H17BrFN3O4/c1-28-16-5-3-2-4-15(16)24-9-8-23(18(26)19(24)27)11-17(25)22-14-7-6-12(20)10-13(14)21/h2-7,10H,8-9,11H2,1H3,(H,22,25). The summed E-state index contributed by atoms with van der Waals surface area (Å²) in [5.74, 6) is -2.28. The van der Waals surface area contributed by atoms with Gasteiger partial charge in [-0.15, -0.1) is 0 Å². The number of nitrogens with one attached hydrogen (secondary N) is 1. The topological polar surface area (TPSA) is 79.0 Å². The minimum atomic E-state index is -0.802. The van der Waals surface area contributed by atoms with Gasteiger partial charge in [0.25, 0.3) is 0 Å². The molecule has 2 aromatic rings. The predicted molar refractivity (Wildman–Crippen MR) is 105 cm³/mol. The third-order valence-electron chi connectivity index (χ3n) is 4.22. The number of para-hydroxylation sites is 2. The maximum absolute atomic E-state index is 13.8. The molecule has 0 saturated carbocycles. The molecule has 0 aliphatic carbocycles. The average Bonchev–Trinajstić information content (AvgIpc) is 2.68. The third kappa shape index (κ3) is 4.14. The molecule has 1 aliphatic heterocycles. The Hall–Kier alpha value is -2.94. The van der Waals surface area contributed by atoms with E-state index in [4.69, 9.17) is 4.74 Å². The van der Waals surface area contributed by atoms with Gasteiger partial charge in [-0.05, 0) is 30.3 Å². The van der Waals surface area contributed by atoms with Crippen molar-refractivity contribution >= 4 is 45.0 Å². The lowest BCUT2D eigenvalue weighted by Crippen LogP contribution is -2.56. The van der Waals surface area contributed by atoms with Crippen molar-refractivity contribution in [1.29, 1.82) is 0 Å². The van der Waals surface area contributed by atoms with Crippen LogP contribution in [0.5, 0.6) is 5.75 Å². The number of nitrogens with zero attached hydrogens (tertiary/aromatic N) is 2. The summed E-state index contributed by atoms with van der Waals surface area (Å²) in [6.07, 6.45) is 0. The molecule has 0 unspecified atom stereocenters. The first kappa shape index (κ1) is 19.8. The number of methoxy groups -OCH3 is 1. The normalized spacial score (nSPS) is 14.2. The highest BCUT2D eigenvalue weighted by Gasteiger charge is 2.35. The van der Waals surface area contributed by atoms with Crippen LogP contribution in [0.3, 0.4) is 0 Å². The van der Waals surface area contributed by atoms with Crippen LogP contribution in [0.15, 0.2) is 46.9 Å². The Kier molecular flexibility index (Phi) is 5.93. The van der Waals surface area contributed by atoms with Crippen molar-refractivity contribution in [3.05, 3.63) is 52.8 Å². The van der Waals surface area contributed by atoms with Crippen LogP contribution in [0.4, 0.5) is 15.8 Å². The van der Waals surface area contributed by atoms with Crippen LogP contribution in [-0.2, 0) is 14.4 Å². The molecule has 3 rings (SSSR count). The number of hydrogen-bond donors (Lipinski definition) is 1. The first-order chi connectivity index (χ1) is 13.4. The molecule has 2 aromatic carbocycles. The monoisotopic (exact) mass is 449 g/mol. The number of carbonyl (C=O) groups is 3. The fourth-order valence-corrected chi connectivity index (χ4v) is 3.20. The summed E-state index contributed by atoms with van der Waals surface area (Å²) in [7, 11) is 1.48. The number of hydrogen-bond acceptors (Lipinski definition) is 4. The molecule has 0 aromatic heterocycles. The second-order valence-electron chi connectivity index (χ2n) is 6.03. The number of halogens is 2. The third-order valence-corrected chi connectivity index (χ3v) is 4.72. The Bertz CT molecular complexity index is 937. The van der Waals surface area contributed by atoms with Gasteiger partial charge in [-0.3, -0.25) is 19.3 Å². The van der Waals surface area contributed by atoms with E-state index in [1.54, 1.807) is 30.3 Å². The molecule has 0 bridgehead atoms. The zero-order chi connectivity index (χ0) is 20.3. The number of ether oxygens (including phenoxy) is 1. The minimum absolute atomic E-state index is 0.000339. The SMILES string of the molecule is COc1ccccc1N1CCN(CC(=O)Nc2ccc(Br)cc2F)C(=O)C1=O. The molecule has 146 valence electrons. The van der Waals surface area contributed by atoms with E-state index in [-0.39, 0.29) is 25.3 Å². The Morgan fingerprint density at radius 1 is 1.18 bits per heavy atom. The van der Waals surface area contributed by atoms with Gasteiger partial charge in [-0.25, -0.2) is 4.39 Å². The van der Waals surface area contributed by atoms with E-state index in [1.807, 2.05) is 0 Å². The van der Waals surface area contributed by atoms with Crippen molar-refractivity contribution in [3.63, 3.8) is 0 Å². The maximum Gasteiger partial charge on any atom is 0.316 e. The fourth-order valence-electron chi connectivity index (χ4n) is 2.86. The number of rotatable bonds is 5. The van der Waals surface area contributed by atoms with E-state index in [0.29, 0.717) is 15.9 Å². The van der Waals surface area contributed by atoms with Crippen LogP contribution in [0.1, 0.15) is 0 Å². The van der Waals surface area contributed by atoms with Crippen molar-refractivity contribution in [1.82, 2.24) is 4.90 Å². The number of benzene rings is 2. The van der Waals surface area contributed by atoms with Crippen molar-refractivity contribution in [2.75, 3.05) is 37.0 Å². The summed E-state index contributed by atoms with van der Waals surface area (Å²) in [4.78, 5) is 39.6. The van der Waals surface area contributed by atoms with Gasteiger partial charge in [0.15, 0.2) is 0 Å². The van der Waals surface area contributed by atoms with E-state index < -0.39 is 23.5 Å². The molecule has 1 N–H and O–H groups in total. The predicted octanol–water partition coefficient (Wildman–Crippen LogP) is 2.41.